The van der Waals surface area contributed by atoms with Gasteiger partial charge in [-0.15, -0.1) is 0 Å². The quantitative estimate of drug-likeness (QED) is 0.717. The molecule has 0 aliphatic rings. The van der Waals surface area contributed by atoms with E-state index in [-0.39, 0.29) is 5.75 Å². The van der Waals surface area contributed by atoms with Crippen LogP contribution in [0.3, 0.4) is 0 Å². The maximum Gasteiger partial charge on any atom is 0.161 e. The van der Waals surface area contributed by atoms with E-state index >= 15 is 0 Å². The number of aryl methyl sites for hydroxylation is 1. The summed E-state index contributed by atoms with van der Waals surface area (Å²) in [5, 5.41) is 16.2. The van der Waals surface area contributed by atoms with E-state index in [0.717, 1.165) is 16.7 Å². The Morgan fingerprint density at radius 1 is 1.44 bits per heavy atom. The number of hydrogen-bond donors (Lipinski definition) is 3. The van der Waals surface area contributed by atoms with Crippen molar-refractivity contribution in [1.29, 1.82) is 0 Å². The van der Waals surface area contributed by atoms with Crippen molar-refractivity contribution in [2.24, 2.45) is 0 Å². The van der Waals surface area contributed by atoms with Gasteiger partial charge >= 0.3 is 0 Å². The third-order valence-corrected chi connectivity index (χ3v) is 2.47. The number of nitrogen functional groups attached to an aromatic ring is 1. The van der Waals surface area contributed by atoms with Crippen molar-refractivity contribution < 1.29 is 9.84 Å². The van der Waals surface area contributed by atoms with Gasteiger partial charge in [0.1, 0.15) is 5.82 Å². The molecule has 0 atom stereocenters. The van der Waals surface area contributed by atoms with Crippen LogP contribution in [0, 0.1) is 6.92 Å². The fourth-order valence-electron chi connectivity index (χ4n) is 1.58. The van der Waals surface area contributed by atoms with E-state index < -0.39 is 0 Å². The number of nitrogens with one attached hydrogen (secondary N) is 1. The molecule has 0 radical (unpaired) electrons. The van der Waals surface area contributed by atoms with Crippen molar-refractivity contribution in [2.75, 3.05) is 12.8 Å². The summed E-state index contributed by atoms with van der Waals surface area (Å²) in [6.07, 6.45) is 1.64. The topological polar surface area (TPSA) is 84.2 Å². The largest absolute Gasteiger partial charge is 0.504 e. The van der Waals surface area contributed by atoms with E-state index in [4.69, 9.17) is 10.5 Å². The Kier molecular flexibility index (Phi) is 2.44. The zero-order chi connectivity index (χ0) is 11.7. The number of nitrogens with two attached hydrogens (primary N) is 1. The summed E-state index contributed by atoms with van der Waals surface area (Å²) in [7, 11) is 1.51. The fraction of sp³-hybridized carbons (Fsp3) is 0.182. The third kappa shape index (κ3) is 1.56. The Labute approximate surface area is 92.9 Å². The van der Waals surface area contributed by atoms with Crippen LogP contribution in [0.1, 0.15) is 5.56 Å². The van der Waals surface area contributed by atoms with Crippen LogP contribution in [-0.4, -0.2) is 22.4 Å². The molecule has 0 bridgehead atoms. The summed E-state index contributed by atoms with van der Waals surface area (Å²) in [6, 6.07) is 3.56. The van der Waals surface area contributed by atoms with E-state index in [9.17, 15) is 5.11 Å². The number of rotatable bonds is 2. The number of nitrogens with zero attached hydrogens (tertiary/aromatic N) is 1. The molecule has 0 spiro atoms. The predicted molar refractivity (Wildman–Crippen MR) is 61.4 cm³/mol. The Morgan fingerprint density at radius 2 is 2.19 bits per heavy atom. The minimum absolute atomic E-state index is 0.147. The number of aromatic amines is 1. The summed E-state index contributed by atoms with van der Waals surface area (Å²) >= 11 is 0. The van der Waals surface area contributed by atoms with Crippen LogP contribution >= 0.6 is 0 Å². The Hall–Kier alpha value is -2.17. The van der Waals surface area contributed by atoms with E-state index in [2.05, 4.69) is 10.2 Å². The first-order valence-electron chi connectivity index (χ1n) is 4.80. The van der Waals surface area contributed by atoms with Gasteiger partial charge in [0.15, 0.2) is 11.5 Å². The van der Waals surface area contributed by atoms with Gasteiger partial charge in [0.2, 0.25) is 0 Å². The molecular weight excluding hydrogens is 206 g/mol. The van der Waals surface area contributed by atoms with Crippen LogP contribution < -0.4 is 10.5 Å². The first-order chi connectivity index (χ1) is 7.63. The van der Waals surface area contributed by atoms with E-state index in [1.54, 1.807) is 19.2 Å². The van der Waals surface area contributed by atoms with Crippen LogP contribution in [-0.2, 0) is 0 Å². The highest BCUT2D eigenvalue weighted by Crippen LogP contribution is 2.36. The van der Waals surface area contributed by atoms with E-state index in [1.807, 2.05) is 6.07 Å². The number of ether oxygens (including phenoxy) is 1. The number of hydrogen-bond acceptors (Lipinski definition) is 4. The summed E-state index contributed by atoms with van der Waals surface area (Å²) in [6.45, 7) is 1.80. The van der Waals surface area contributed by atoms with Crippen molar-refractivity contribution >= 4 is 5.82 Å². The molecule has 4 N–H and O–H groups in total. The lowest BCUT2D eigenvalue weighted by atomic mass is 10.0. The molecule has 1 heterocycles. The SMILES string of the molecule is COc1cc(-c2cn[nH]c2N)cc(C)c1O. The molecule has 0 unspecified atom stereocenters. The van der Waals surface area contributed by atoms with Gasteiger partial charge in [0.05, 0.1) is 13.3 Å². The minimum atomic E-state index is 0.147. The average molecular weight is 219 g/mol. The number of anilines is 1. The molecule has 0 saturated carbocycles. The molecule has 2 aromatic rings. The molecule has 0 aliphatic heterocycles. The van der Waals surface area contributed by atoms with Crippen LogP contribution in [0.25, 0.3) is 11.1 Å². The normalized spacial score (nSPS) is 10.4. The van der Waals surface area contributed by atoms with Crippen molar-refractivity contribution in [2.45, 2.75) is 6.92 Å². The molecule has 5 nitrogen and oxygen atoms in total. The fourth-order valence-corrected chi connectivity index (χ4v) is 1.58. The van der Waals surface area contributed by atoms with E-state index in [0.29, 0.717) is 11.6 Å². The lowest BCUT2D eigenvalue weighted by molar-refractivity contribution is 0.372. The van der Waals surface area contributed by atoms with Gasteiger partial charge in [-0.05, 0) is 30.2 Å². The molecule has 0 aliphatic carbocycles. The molecule has 5 heteroatoms. The van der Waals surface area contributed by atoms with Crippen LogP contribution in [0.5, 0.6) is 11.5 Å². The highest BCUT2D eigenvalue weighted by atomic mass is 16.5. The van der Waals surface area contributed by atoms with Gasteiger partial charge in [-0.25, -0.2) is 0 Å². The van der Waals surface area contributed by atoms with Crippen LogP contribution in [0.4, 0.5) is 5.82 Å². The van der Waals surface area contributed by atoms with Gasteiger partial charge in [0.25, 0.3) is 0 Å². The first-order valence-corrected chi connectivity index (χ1v) is 4.80. The highest BCUT2D eigenvalue weighted by molar-refractivity contribution is 5.76. The Morgan fingerprint density at radius 3 is 2.75 bits per heavy atom. The molecule has 84 valence electrons. The summed E-state index contributed by atoms with van der Waals surface area (Å²) in [5.74, 6) is 1.07. The first kappa shape index (κ1) is 10.4. The second-order valence-corrected chi connectivity index (χ2v) is 3.54. The summed E-state index contributed by atoms with van der Waals surface area (Å²) in [5.41, 5.74) is 8.11. The van der Waals surface area contributed by atoms with Gasteiger partial charge in [0, 0.05) is 5.56 Å². The standard InChI is InChI=1S/C11H13N3O2/c1-6-3-7(4-9(16-2)10(6)15)8-5-13-14-11(8)12/h3-5,15H,1-2H3,(H3,12,13,14). The number of aromatic nitrogens is 2. The number of aromatic hydroxyl groups is 1. The predicted octanol–water partition coefficient (Wildman–Crippen LogP) is 1.68. The molecule has 16 heavy (non-hydrogen) atoms. The maximum absolute atomic E-state index is 9.71. The Bertz CT molecular complexity index is 520. The second kappa shape index (κ2) is 3.77. The maximum atomic E-state index is 9.71. The second-order valence-electron chi connectivity index (χ2n) is 3.54. The highest BCUT2D eigenvalue weighted by Gasteiger charge is 2.11. The van der Waals surface area contributed by atoms with Gasteiger partial charge in [-0.1, -0.05) is 0 Å². The lowest BCUT2D eigenvalue weighted by Gasteiger charge is -2.09. The van der Waals surface area contributed by atoms with Crippen LogP contribution in [0.2, 0.25) is 0 Å². The number of phenols is 1. The lowest BCUT2D eigenvalue weighted by Crippen LogP contribution is -1.91. The van der Waals surface area contributed by atoms with Crippen molar-refractivity contribution in [3.63, 3.8) is 0 Å². The van der Waals surface area contributed by atoms with Gasteiger partial charge in [-0.2, -0.15) is 5.10 Å². The van der Waals surface area contributed by atoms with Gasteiger partial charge in [-0.3, -0.25) is 5.10 Å². The van der Waals surface area contributed by atoms with Crippen molar-refractivity contribution in [3.8, 4) is 22.6 Å². The van der Waals surface area contributed by atoms with Crippen molar-refractivity contribution in [3.05, 3.63) is 23.9 Å². The summed E-state index contributed by atoms with van der Waals surface area (Å²) < 4.78 is 5.08. The van der Waals surface area contributed by atoms with E-state index in [1.165, 1.54) is 7.11 Å². The smallest absolute Gasteiger partial charge is 0.161 e. The summed E-state index contributed by atoms with van der Waals surface area (Å²) in [4.78, 5) is 0. The minimum Gasteiger partial charge on any atom is -0.504 e. The number of H-pyrrole nitrogens is 1. The third-order valence-electron chi connectivity index (χ3n) is 2.47. The zero-order valence-corrected chi connectivity index (χ0v) is 9.11. The van der Waals surface area contributed by atoms with Crippen molar-refractivity contribution in [1.82, 2.24) is 10.2 Å². The monoisotopic (exact) mass is 219 g/mol. The van der Waals surface area contributed by atoms with Gasteiger partial charge < -0.3 is 15.6 Å². The molecule has 1 aromatic carbocycles. The number of phenolic OH excluding ortho intramolecular Hbond substituents is 1. The molecule has 2 rings (SSSR count). The average Bonchev–Trinajstić information content (AvgIpc) is 2.68. The number of methoxy groups -OCH3 is 1. The zero-order valence-electron chi connectivity index (χ0n) is 9.11. The molecular formula is C11H13N3O2. The van der Waals surface area contributed by atoms with Crippen LogP contribution in [0.15, 0.2) is 18.3 Å². The molecule has 0 fully saturated rings. The number of benzene rings is 1. The Balaban J connectivity index is 2.59. The molecule has 0 amide bonds. The molecule has 1 aromatic heterocycles. The molecule has 0 saturated heterocycles.